The maximum atomic E-state index is 13.6. The SMILES string of the molecule is NCc1cc(F)cc(-c2cnn(-c3ccc(F)cc3)c2)c1. The molecule has 0 spiro atoms. The highest BCUT2D eigenvalue weighted by molar-refractivity contribution is 5.63. The highest BCUT2D eigenvalue weighted by Crippen LogP contribution is 2.22. The minimum Gasteiger partial charge on any atom is -0.326 e. The summed E-state index contributed by atoms with van der Waals surface area (Å²) in [5.41, 5.74) is 8.49. The normalized spacial score (nSPS) is 10.8. The fourth-order valence-electron chi connectivity index (χ4n) is 2.14. The Morgan fingerprint density at radius 1 is 0.952 bits per heavy atom. The molecule has 0 fully saturated rings. The molecule has 2 aromatic carbocycles. The number of hydrogen-bond acceptors (Lipinski definition) is 2. The molecule has 0 saturated carbocycles. The number of halogens is 2. The van der Waals surface area contributed by atoms with Gasteiger partial charge in [-0.3, -0.25) is 0 Å². The highest BCUT2D eigenvalue weighted by Gasteiger charge is 2.06. The molecule has 1 aromatic heterocycles. The van der Waals surface area contributed by atoms with Crippen molar-refractivity contribution in [3.8, 4) is 16.8 Å². The molecule has 0 saturated heterocycles. The molecule has 3 nitrogen and oxygen atoms in total. The first kappa shape index (κ1) is 13.5. The second-order valence-corrected chi connectivity index (χ2v) is 4.70. The van der Waals surface area contributed by atoms with Crippen LogP contribution in [0.3, 0.4) is 0 Å². The average Bonchev–Trinajstić information content (AvgIpc) is 2.97. The molecule has 0 aliphatic heterocycles. The Kier molecular flexibility index (Phi) is 3.50. The third kappa shape index (κ3) is 2.83. The van der Waals surface area contributed by atoms with Gasteiger partial charge in [0, 0.05) is 18.3 Å². The summed E-state index contributed by atoms with van der Waals surface area (Å²) in [6.45, 7) is 0.275. The number of hydrogen-bond donors (Lipinski definition) is 1. The fraction of sp³-hybridized carbons (Fsp3) is 0.0625. The van der Waals surface area contributed by atoms with E-state index in [4.69, 9.17) is 5.73 Å². The van der Waals surface area contributed by atoms with Crippen LogP contribution in [0.4, 0.5) is 8.78 Å². The van der Waals surface area contributed by atoms with E-state index in [0.717, 1.165) is 16.8 Å². The average molecular weight is 285 g/mol. The monoisotopic (exact) mass is 285 g/mol. The summed E-state index contributed by atoms with van der Waals surface area (Å²) in [5, 5.41) is 4.22. The lowest BCUT2D eigenvalue weighted by Crippen LogP contribution is -1.97. The van der Waals surface area contributed by atoms with Crippen molar-refractivity contribution >= 4 is 0 Å². The summed E-state index contributed by atoms with van der Waals surface area (Å²) in [6, 6.07) is 10.7. The Hall–Kier alpha value is -2.53. The van der Waals surface area contributed by atoms with E-state index in [9.17, 15) is 8.78 Å². The molecule has 0 unspecified atom stereocenters. The molecule has 5 heteroatoms. The lowest BCUT2D eigenvalue weighted by atomic mass is 10.1. The number of rotatable bonds is 3. The van der Waals surface area contributed by atoms with E-state index in [1.165, 1.54) is 24.3 Å². The first-order valence-electron chi connectivity index (χ1n) is 6.46. The van der Waals surface area contributed by atoms with Gasteiger partial charge in [-0.15, -0.1) is 0 Å². The van der Waals surface area contributed by atoms with E-state index >= 15 is 0 Å². The molecule has 3 rings (SSSR count). The van der Waals surface area contributed by atoms with Gasteiger partial charge in [0.05, 0.1) is 11.9 Å². The van der Waals surface area contributed by atoms with Crippen molar-refractivity contribution in [3.05, 3.63) is 72.1 Å². The largest absolute Gasteiger partial charge is 0.326 e. The minimum atomic E-state index is -0.331. The standard InChI is InChI=1S/C16H13F2N3/c17-14-1-3-16(4-2-14)21-10-13(9-20-21)12-5-11(8-19)6-15(18)7-12/h1-7,9-10H,8,19H2. The summed E-state index contributed by atoms with van der Waals surface area (Å²) in [7, 11) is 0. The molecule has 106 valence electrons. The van der Waals surface area contributed by atoms with Crippen LogP contribution in [0.25, 0.3) is 16.8 Å². The third-order valence-corrected chi connectivity index (χ3v) is 3.20. The van der Waals surface area contributed by atoms with E-state index in [-0.39, 0.29) is 18.2 Å². The molecular weight excluding hydrogens is 272 g/mol. The molecule has 0 aliphatic carbocycles. The van der Waals surface area contributed by atoms with Gasteiger partial charge in [0.2, 0.25) is 0 Å². The van der Waals surface area contributed by atoms with Gasteiger partial charge >= 0.3 is 0 Å². The Labute approximate surface area is 120 Å². The number of nitrogens with zero attached hydrogens (tertiary/aromatic N) is 2. The van der Waals surface area contributed by atoms with Crippen LogP contribution in [0.15, 0.2) is 54.9 Å². The topological polar surface area (TPSA) is 43.8 Å². The maximum Gasteiger partial charge on any atom is 0.124 e. The predicted molar refractivity (Wildman–Crippen MR) is 76.8 cm³/mol. The van der Waals surface area contributed by atoms with Crippen LogP contribution in [-0.4, -0.2) is 9.78 Å². The number of benzene rings is 2. The molecule has 0 amide bonds. The molecule has 21 heavy (non-hydrogen) atoms. The van der Waals surface area contributed by atoms with Crippen molar-refractivity contribution in [2.75, 3.05) is 0 Å². The zero-order valence-corrected chi connectivity index (χ0v) is 11.1. The second kappa shape index (κ2) is 5.46. The lowest BCUT2D eigenvalue weighted by Gasteiger charge is -2.03. The smallest absolute Gasteiger partial charge is 0.124 e. The van der Waals surface area contributed by atoms with Crippen molar-refractivity contribution in [1.29, 1.82) is 0 Å². The first-order chi connectivity index (χ1) is 10.2. The van der Waals surface area contributed by atoms with Crippen molar-refractivity contribution in [1.82, 2.24) is 9.78 Å². The van der Waals surface area contributed by atoms with Crippen LogP contribution in [0, 0.1) is 11.6 Å². The molecule has 0 atom stereocenters. The van der Waals surface area contributed by atoms with E-state index < -0.39 is 0 Å². The summed E-state index contributed by atoms with van der Waals surface area (Å²) in [4.78, 5) is 0. The molecule has 1 heterocycles. The quantitative estimate of drug-likeness (QED) is 0.802. The molecule has 3 aromatic rings. The van der Waals surface area contributed by atoms with E-state index in [1.54, 1.807) is 29.2 Å². The number of aromatic nitrogens is 2. The lowest BCUT2D eigenvalue weighted by molar-refractivity contribution is 0.626. The van der Waals surface area contributed by atoms with Crippen LogP contribution < -0.4 is 5.73 Å². The summed E-state index contributed by atoms with van der Waals surface area (Å²) < 4.78 is 28.1. The zero-order chi connectivity index (χ0) is 14.8. The van der Waals surface area contributed by atoms with Crippen LogP contribution in [0.2, 0.25) is 0 Å². The van der Waals surface area contributed by atoms with E-state index in [0.29, 0.717) is 5.56 Å². The van der Waals surface area contributed by atoms with Crippen LogP contribution >= 0.6 is 0 Å². The second-order valence-electron chi connectivity index (χ2n) is 4.70. The summed E-state index contributed by atoms with van der Waals surface area (Å²) in [5.74, 6) is -0.633. The van der Waals surface area contributed by atoms with Gasteiger partial charge in [0.25, 0.3) is 0 Å². The number of nitrogens with two attached hydrogens (primary N) is 1. The van der Waals surface area contributed by atoms with Gasteiger partial charge in [-0.25, -0.2) is 13.5 Å². The van der Waals surface area contributed by atoms with Crippen LogP contribution in [-0.2, 0) is 6.54 Å². The van der Waals surface area contributed by atoms with Gasteiger partial charge in [-0.05, 0) is 53.6 Å². The summed E-state index contributed by atoms with van der Waals surface area (Å²) >= 11 is 0. The molecule has 0 radical (unpaired) electrons. The third-order valence-electron chi connectivity index (χ3n) is 3.20. The fourth-order valence-corrected chi connectivity index (χ4v) is 2.14. The van der Waals surface area contributed by atoms with Crippen LogP contribution in [0.5, 0.6) is 0 Å². The van der Waals surface area contributed by atoms with Crippen molar-refractivity contribution in [2.45, 2.75) is 6.54 Å². The predicted octanol–water partition coefficient (Wildman–Crippen LogP) is 3.28. The minimum absolute atomic E-state index is 0.275. The first-order valence-corrected chi connectivity index (χ1v) is 6.46. The van der Waals surface area contributed by atoms with Gasteiger partial charge in [0.15, 0.2) is 0 Å². The Bertz CT molecular complexity index is 763. The van der Waals surface area contributed by atoms with E-state index in [2.05, 4.69) is 5.10 Å². The molecular formula is C16H13F2N3. The van der Waals surface area contributed by atoms with Gasteiger partial charge < -0.3 is 5.73 Å². The van der Waals surface area contributed by atoms with E-state index in [1.807, 2.05) is 6.07 Å². The molecule has 0 aliphatic rings. The van der Waals surface area contributed by atoms with Crippen LogP contribution in [0.1, 0.15) is 5.56 Å². The van der Waals surface area contributed by atoms with Crippen molar-refractivity contribution in [3.63, 3.8) is 0 Å². The Morgan fingerprint density at radius 3 is 2.43 bits per heavy atom. The maximum absolute atomic E-state index is 13.6. The molecule has 2 N–H and O–H groups in total. The highest BCUT2D eigenvalue weighted by atomic mass is 19.1. The van der Waals surface area contributed by atoms with Crippen molar-refractivity contribution in [2.24, 2.45) is 5.73 Å². The van der Waals surface area contributed by atoms with Gasteiger partial charge in [-0.1, -0.05) is 0 Å². The molecule has 0 bridgehead atoms. The van der Waals surface area contributed by atoms with Gasteiger partial charge in [0.1, 0.15) is 11.6 Å². The van der Waals surface area contributed by atoms with Gasteiger partial charge in [-0.2, -0.15) is 5.10 Å². The Morgan fingerprint density at radius 2 is 1.71 bits per heavy atom. The summed E-state index contributed by atoms with van der Waals surface area (Å²) in [6.07, 6.45) is 3.40. The Balaban J connectivity index is 1.98. The van der Waals surface area contributed by atoms with Crippen molar-refractivity contribution < 1.29 is 8.78 Å². The zero-order valence-electron chi connectivity index (χ0n) is 11.1.